The minimum Gasteiger partial charge on any atom is -0.380 e. The van der Waals surface area contributed by atoms with Gasteiger partial charge in [0.05, 0.1) is 6.04 Å². The summed E-state index contributed by atoms with van der Waals surface area (Å²) in [6.45, 7) is 1.60. The van der Waals surface area contributed by atoms with Crippen LogP contribution in [-0.4, -0.2) is 49.9 Å². The van der Waals surface area contributed by atoms with Gasteiger partial charge in [0.2, 0.25) is 9.92 Å². The van der Waals surface area contributed by atoms with E-state index in [0.717, 1.165) is 6.07 Å². The molecule has 1 amide bonds. The number of likely N-dealkylation sites (tertiary alicyclic amines) is 1. The summed E-state index contributed by atoms with van der Waals surface area (Å²) in [5, 5.41) is 10.6. The second kappa shape index (κ2) is 9.38. The smallest absolute Gasteiger partial charge is 0.380 e. The van der Waals surface area contributed by atoms with E-state index in [-0.39, 0.29) is 48.9 Å². The first-order chi connectivity index (χ1) is 16.7. The molecule has 36 heavy (non-hydrogen) atoms. The fourth-order valence-electron chi connectivity index (χ4n) is 4.85. The number of aliphatic hydroxyl groups is 1. The first kappa shape index (κ1) is 26.5. The van der Waals surface area contributed by atoms with Crippen LogP contribution in [0.5, 0.6) is 0 Å². The number of amides is 1. The van der Waals surface area contributed by atoms with Crippen molar-refractivity contribution in [2.75, 3.05) is 6.54 Å². The number of hydrogen-bond acceptors (Lipinski definition) is 4. The van der Waals surface area contributed by atoms with Gasteiger partial charge in [-0.05, 0) is 67.9 Å². The van der Waals surface area contributed by atoms with Crippen LogP contribution in [0, 0.1) is 23.3 Å². The van der Waals surface area contributed by atoms with Gasteiger partial charge in [0.1, 0.15) is 17.2 Å². The van der Waals surface area contributed by atoms with Gasteiger partial charge >= 0.3 is 5.51 Å². The third kappa shape index (κ3) is 4.98. The van der Waals surface area contributed by atoms with E-state index in [1.165, 1.54) is 29.2 Å². The zero-order valence-electron chi connectivity index (χ0n) is 19.4. The monoisotopic (exact) mass is 531 g/mol. The van der Waals surface area contributed by atoms with E-state index in [4.69, 9.17) is 4.78 Å². The van der Waals surface area contributed by atoms with Gasteiger partial charge in [0.15, 0.2) is 0 Å². The summed E-state index contributed by atoms with van der Waals surface area (Å²) >= 11 is 0. The number of carbonyl (C=O) groups is 1. The Morgan fingerprint density at radius 3 is 2.53 bits per heavy atom. The number of carbonyl (C=O) groups excluding carboxylic acids is 1. The average Bonchev–Trinajstić information content (AvgIpc) is 3.12. The lowest BCUT2D eigenvalue weighted by Crippen LogP contribution is -2.57. The van der Waals surface area contributed by atoms with E-state index in [1.807, 2.05) is 4.72 Å². The molecule has 1 aliphatic carbocycles. The molecule has 6 nitrogen and oxygen atoms in total. The first-order valence-corrected chi connectivity index (χ1v) is 13.0. The predicted molar refractivity (Wildman–Crippen MR) is 123 cm³/mol. The number of halogens is 5. The van der Waals surface area contributed by atoms with E-state index >= 15 is 4.39 Å². The Morgan fingerprint density at radius 1 is 1.25 bits per heavy atom. The number of rotatable bonds is 6. The summed E-state index contributed by atoms with van der Waals surface area (Å²) in [5.74, 6) is -1.97. The minimum absolute atomic E-state index is 0.0509. The highest BCUT2D eigenvalue weighted by molar-refractivity contribution is 7.91. The number of aryl methyl sites for hydroxylation is 1. The lowest BCUT2D eigenvalue weighted by atomic mass is 9.79. The predicted octanol–water partition coefficient (Wildman–Crippen LogP) is 4.44. The lowest BCUT2D eigenvalue weighted by molar-refractivity contribution is -0.161. The van der Waals surface area contributed by atoms with Gasteiger partial charge in [-0.1, -0.05) is 24.3 Å². The fraction of sp³-hybridized carbons (Fsp3) is 0.458. The van der Waals surface area contributed by atoms with E-state index in [0.29, 0.717) is 12.0 Å². The number of alkyl halides is 3. The van der Waals surface area contributed by atoms with Crippen LogP contribution in [0.25, 0.3) is 11.1 Å². The molecule has 0 radical (unpaired) electrons. The summed E-state index contributed by atoms with van der Waals surface area (Å²) in [5.41, 5.74) is -6.02. The highest BCUT2D eigenvalue weighted by atomic mass is 32.2. The van der Waals surface area contributed by atoms with Crippen LogP contribution in [-0.2, 0) is 21.1 Å². The van der Waals surface area contributed by atoms with Gasteiger partial charge < -0.3 is 10.0 Å². The zero-order valence-corrected chi connectivity index (χ0v) is 20.2. The van der Waals surface area contributed by atoms with E-state index in [1.54, 1.807) is 13.0 Å². The Balaban J connectivity index is 1.69. The van der Waals surface area contributed by atoms with Crippen molar-refractivity contribution >= 4 is 15.8 Å². The maximum atomic E-state index is 15.6. The van der Waals surface area contributed by atoms with Gasteiger partial charge in [-0.15, -0.1) is 0 Å². The van der Waals surface area contributed by atoms with Crippen molar-refractivity contribution in [2.24, 2.45) is 0 Å². The van der Waals surface area contributed by atoms with Crippen LogP contribution in [0.2, 0.25) is 0 Å². The molecule has 3 N–H and O–H groups in total. The molecule has 1 saturated carbocycles. The largest absolute Gasteiger partial charge is 0.492 e. The average molecular weight is 532 g/mol. The minimum atomic E-state index is -5.35. The molecule has 3 atom stereocenters. The summed E-state index contributed by atoms with van der Waals surface area (Å²) < 4.78 is 90.3. The van der Waals surface area contributed by atoms with Crippen molar-refractivity contribution in [1.29, 1.82) is 4.78 Å². The maximum absolute atomic E-state index is 15.6. The summed E-state index contributed by atoms with van der Waals surface area (Å²) in [7, 11) is -5.24. The lowest BCUT2D eigenvalue weighted by Gasteiger charge is -2.40. The molecule has 1 unspecified atom stereocenters. The third-order valence-corrected chi connectivity index (χ3v) is 8.18. The van der Waals surface area contributed by atoms with Gasteiger partial charge in [-0.2, -0.15) is 13.2 Å². The van der Waals surface area contributed by atoms with Crippen molar-refractivity contribution in [2.45, 2.75) is 62.2 Å². The molecule has 4 rings (SSSR count). The Morgan fingerprint density at radius 2 is 1.94 bits per heavy atom. The van der Waals surface area contributed by atoms with Crippen LogP contribution < -0.4 is 4.72 Å². The quantitative estimate of drug-likeness (QED) is 0.482. The van der Waals surface area contributed by atoms with Crippen LogP contribution in [0.15, 0.2) is 36.4 Å². The molecule has 1 aliphatic heterocycles. The molecule has 2 aromatic carbocycles. The standard InChI is InChI=1S/C24H26F5N3O3S/c1-14-10-16(12-17(25)11-14)18-5-2-4-15(21(18)26)13-20-19(31-36(30,35)24(27,28)29)6-9-32(20)22(33)23(34)7-3-8-23/h2,4-5,10-12,19-20,34H,3,6-9,13H2,1H3,(H2,30,31,35)/t19-,20-,36?/m0/s1. The molecular weight excluding hydrogens is 505 g/mol. The van der Waals surface area contributed by atoms with Crippen LogP contribution in [0.4, 0.5) is 22.0 Å². The van der Waals surface area contributed by atoms with Crippen LogP contribution in [0.1, 0.15) is 36.8 Å². The molecule has 196 valence electrons. The van der Waals surface area contributed by atoms with Crippen molar-refractivity contribution in [1.82, 2.24) is 9.62 Å². The molecular formula is C24H26F5N3O3S. The topological polar surface area (TPSA) is 93.5 Å². The van der Waals surface area contributed by atoms with Crippen molar-refractivity contribution in [3.05, 3.63) is 59.2 Å². The van der Waals surface area contributed by atoms with Gasteiger partial charge in [-0.3, -0.25) is 4.79 Å². The second-order valence-corrected chi connectivity index (χ2v) is 11.3. The molecule has 2 aliphatic rings. The summed E-state index contributed by atoms with van der Waals surface area (Å²) in [6, 6.07) is 6.06. The maximum Gasteiger partial charge on any atom is 0.492 e. The fourth-order valence-corrected chi connectivity index (χ4v) is 5.68. The summed E-state index contributed by atoms with van der Waals surface area (Å²) in [6.07, 6.45) is 0.686. The van der Waals surface area contributed by atoms with Gasteiger partial charge in [-0.25, -0.2) is 22.5 Å². The summed E-state index contributed by atoms with van der Waals surface area (Å²) in [4.78, 5) is 14.3. The van der Waals surface area contributed by atoms with E-state index < -0.39 is 50.6 Å². The first-order valence-electron chi connectivity index (χ1n) is 11.4. The Bertz CT molecular complexity index is 1260. The normalized spacial score (nSPS) is 23.2. The van der Waals surface area contributed by atoms with E-state index in [9.17, 15) is 31.7 Å². The Kier molecular flexibility index (Phi) is 6.91. The SMILES string of the molecule is Cc1cc(F)cc(-c2cccc(C[C@H]3[C@@H](NS(=N)(=O)C(F)(F)F)CCN3C(=O)C3(O)CCC3)c2F)c1. The molecule has 0 aromatic heterocycles. The third-order valence-electron chi connectivity index (χ3n) is 6.89. The molecule has 12 heteroatoms. The zero-order chi connectivity index (χ0) is 26.5. The van der Waals surface area contributed by atoms with Gasteiger partial charge in [0, 0.05) is 18.2 Å². The van der Waals surface area contributed by atoms with Crippen molar-refractivity contribution < 1.29 is 36.1 Å². The molecule has 1 saturated heterocycles. The molecule has 1 heterocycles. The van der Waals surface area contributed by atoms with Crippen LogP contribution in [0.3, 0.4) is 0 Å². The number of nitrogens with zero attached hydrogens (tertiary/aromatic N) is 1. The number of hydrogen-bond donors (Lipinski definition) is 3. The van der Waals surface area contributed by atoms with Gasteiger partial charge in [0.25, 0.3) is 5.91 Å². The number of benzene rings is 2. The second-order valence-electron chi connectivity index (χ2n) is 9.47. The molecule has 0 spiro atoms. The van der Waals surface area contributed by atoms with Crippen molar-refractivity contribution in [3.63, 3.8) is 0 Å². The molecule has 2 fully saturated rings. The van der Waals surface area contributed by atoms with Crippen molar-refractivity contribution in [3.8, 4) is 11.1 Å². The van der Waals surface area contributed by atoms with E-state index in [2.05, 4.69) is 0 Å². The Hall–Kier alpha value is -2.57. The molecule has 2 aromatic rings. The highest BCUT2D eigenvalue weighted by Crippen LogP contribution is 2.37. The number of nitrogens with one attached hydrogen (secondary N) is 2. The van der Waals surface area contributed by atoms with Crippen LogP contribution >= 0.6 is 0 Å². The molecule has 0 bridgehead atoms. The highest BCUT2D eigenvalue weighted by Gasteiger charge is 2.51. The Labute approximate surface area is 205 Å².